The molecule has 0 saturated carbocycles. The van der Waals surface area contributed by atoms with Crippen molar-refractivity contribution in [2.45, 2.75) is 24.8 Å². The molecule has 0 aliphatic carbocycles. The molecule has 1 amide bonds. The smallest absolute Gasteiger partial charge is 0.263 e. The molecular formula is C22H23N3O5S. The summed E-state index contributed by atoms with van der Waals surface area (Å²) in [6, 6.07) is 14.4. The molecule has 2 aromatic carbocycles. The zero-order valence-corrected chi connectivity index (χ0v) is 18.1. The lowest BCUT2D eigenvalue weighted by Crippen LogP contribution is -2.53. The van der Waals surface area contributed by atoms with Crippen LogP contribution in [-0.4, -0.2) is 61.6 Å². The third-order valence-corrected chi connectivity index (χ3v) is 6.99. The average Bonchev–Trinajstić information content (AvgIpc) is 2.78. The van der Waals surface area contributed by atoms with Crippen LogP contribution in [-0.2, 0) is 14.8 Å². The number of hydrogen-bond donors (Lipinski definition) is 0. The molecule has 8 nitrogen and oxygen atoms in total. The lowest BCUT2D eigenvalue weighted by atomic mass is 10.2. The first-order chi connectivity index (χ1) is 14.7. The molecule has 9 heteroatoms. The number of sulfonamides is 1. The van der Waals surface area contributed by atoms with E-state index in [0.29, 0.717) is 16.9 Å². The van der Waals surface area contributed by atoms with Crippen LogP contribution in [0.2, 0.25) is 0 Å². The highest BCUT2D eigenvalue weighted by atomic mass is 32.2. The molecule has 31 heavy (non-hydrogen) atoms. The van der Waals surface area contributed by atoms with E-state index in [1.807, 2.05) is 6.07 Å². The normalized spacial score (nSPS) is 15.7. The van der Waals surface area contributed by atoms with Crippen LogP contribution in [0.1, 0.15) is 29.8 Å². The molecule has 3 rings (SSSR count). The number of hydrogen-bond acceptors (Lipinski definition) is 6. The van der Waals surface area contributed by atoms with E-state index in [9.17, 15) is 18.0 Å². The zero-order valence-electron chi connectivity index (χ0n) is 17.3. The van der Waals surface area contributed by atoms with Gasteiger partial charge in [0.25, 0.3) is 5.91 Å². The van der Waals surface area contributed by atoms with Gasteiger partial charge < -0.3 is 9.64 Å². The summed E-state index contributed by atoms with van der Waals surface area (Å²) in [6.45, 7) is 3.87. The fourth-order valence-electron chi connectivity index (χ4n) is 3.31. The van der Waals surface area contributed by atoms with Crippen LogP contribution >= 0.6 is 0 Å². The van der Waals surface area contributed by atoms with Crippen molar-refractivity contribution in [1.82, 2.24) is 9.21 Å². The molecule has 1 saturated heterocycles. The van der Waals surface area contributed by atoms with Crippen LogP contribution in [0, 0.1) is 11.3 Å². The second-order valence-electron chi connectivity index (χ2n) is 7.21. The molecule has 1 aliphatic heterocycles. The summed E-state index contributed by atoms with van der Waals surface area (Å²) in [6.07, 6.45) is -0.767. The van der Waals surface area contributed by atoms with Crippen LogP contribution < -0.4 is 4.74 Å². The van der Waals surface area contributed by atoms with Gasteiger partial charge in [-0.1, -0.05) is 18.2 Å². The number of ketones is 1. The number of Topliss-reactive ketones (excluding diaryl/α,β-unsaturated/α-hetero) is 1. The van der Waals surface area contributed by atoms with E-state index in [0.717, 1.165) is 0 Å². The third-order valence-electron chi connectivity index (χ3n) is 5.07. The molecule has 0 N–H and O–H groups in total. The molecule has 0 radical (unpaired) electrons. The van der Waals surface area contributed by atoms with Crippen molar-refractivity contribution < 1.29 is 22.7 Å². The Morgan fingerprint density at radius 2 is 1.71 bits per heavy atom. The number of nitrogens with zero attached hydrogens (tertiary/aromatic N) is 3. The molecule has 1 fully saturated rings. The minimum Gasteiger partial charge on any atom is -0.481 e. The van der Waals surface area contributed by atoms with Gasteiger partial charge in [0.2, 0.25) is 10.0 Å². The molecule has 162 valence electrons. The zero-order chi connectivity index (χ0) is 22.6. The lowest BCUT2D eigenvalue weighted by molar-refractivity contribution is -0.139. The van der Waals surface area contributed by atoms with E-state index in [1.165, 1.54) is 35.5 Å². The largest absolute Gasteiger partial charge is 0.481 e. The first-order valence-corrected chi connectivity index (χ1v) is 11.2. The number of carbonyl (C=O) groups excluding carboxylic acids is 2. The van der Waals surface area contributed by atoms with E-state index in [2.05, 4.69) is 0 Å². The molecule has 0 spiro atoms. The van der Waals surface area contributed by atoms with Gasteiger partial charge in [-0.3, -0.25) is 9.59 Å². The van der Waals surface area contributed by atoms with Crippen LogP contribution in [0.15, 0.2) is 53.4 Å². The summed E-state index contributed by atoms with van der Waals surface area (Å²) >= 11 is 0. The highest BCUT2D eigenvalue weighted by molar-refractivity contribution is 7.89. The predicted octanol–water partition coefficient (Wildman–Crippen LogP) is 2.06. The Labute approximate surface area is 181 Å². The summed E-state index contributed by atoms with van der Waals surface area (Å²) in [4.78, 5) is 25.8. The van der Waals surface area contributed by atoms with E-state index in [1.54, 1.807) is 36.1 Å². The van der Waals surface area contributed by atoms with E-state index in [-0.39, 0.29) is 42.8 Å². The first kappa shape index (κ1) is 22.5. The monoisotopic (exact) mass is 441 g/mol. The van der Waals surface area contributed by atoms with Crippen molar-refractivity contribution >= 4 is 21.7 Å². The van der Waals surface area contributed by atoms with Crippen molar-refractivity contribution in [3.63, 3.8) is 0 Å². The summed E-state index contributed by atoms with van der Waals surface area (Å²) in [5, 5.41) is 8.97. The Kier molecular flexibility index (Phi) is 6.73. The van der Waals surface area contributed by atoms with Gasteiger partial charge in [-0.25, -0.2) is 8.42 Å². The number of benzene rings is 2. The van der Waals surface area contributed by atoms with Crippen LogP contribution in [0.5, 0.6) is 5.75 Å². The Hall–Kier alpha value is -3.22. The maximum Gasteiger partial charge on any atom is 0.263 e. The summed E-state index contributed by atoms with van der Waals surface area (Å²) in [5.74, 6) is 0.0482. The maximum atomic E-state index is 12.9. The van der Waals surface area contributed by atoms with E-state index in [4.69, 9.17) is 10.00 Å². The van der Waals surface area contributed by atoms with Gasteiger partial charge in [0.1, 0.15) is 5.75 Å². The van der Waals surface area contributed by atoms with Crippen molar-refractivity contribution in [3.05, 3.63) is 59.7 Å². The highest BCUT2D eigenvalue weighted by Gasteiger charge is 2.32. The van der Waals surface area contributed by atoms with Crippen LogP contribution in [0.25, 0.3) is 0 Å². The standard InChI is InChI=1S/C22H23N3O5S/c1-16(26)19-6-8-21(9-7-19)31(28,29)25-12-10-24(11-13-25)22(27)17(2)30-20-5-3-4-18(14-20)15-23/h3-9,14,17H,10-13H2,1-2H3. The summed E-state index contributed by atoms with van der Waals surface area (Å²) in [5.41, 5.74) is 0.885. The lowest BCUT2D eigenvalue weighted by Gasteiger charge is -2.35. The molecule has 1 atom stereocenters. The van der Waals surface area contributed by atoms with E-state index >= 15 is 0 Å². The first-order valence-electron chi connectivity index (χ1n) is 9.79. The van der Waals surface area contributed by atoms with Crippen molar-refractivity contribution in [2.75, 3.05) is 26.2 Å². The van der Waals surface area contributed by atoms with Crippen molar-refractivity contribution in [3.8, 4) is 11.8 Å². The molecule has 2 aromatic rings. The minimum atomic E-state index is -3.71. The fourth-order valence-corrected chi connectivity index (χ4v) is 4.73. The number of rotatable bonds is 6. The van der Waals surface area contributed by atoms with Gasteiger partial charge in [-0.15, -0.1) is 0 Å². The highest BCUT2D eigenvalue weighted by Crippen LogP contribution is 2.20. The minimum absolute atomic E-state index is 0.117. The predicted molar refractivity (Wildman–Crippen MR) is 113 cm³/mol. The number of piperazine rings is 1. The number of amides is 1. The molecule has 0 bridgehead atoms. The van der Waals surface area contributed by atoms with E-state index < -0.39 is 16.1 Å². The van der Waals surface area contributed by atoms with Gasteiger partial charge in [0.05, 0.1) is 16.5 Å². The molecular weight excluding hydrogens is 418 g/mol. The average molecular weight is 442 g/mol. The van der Waals surface area contributed by atoms with Gasteiger partial charge in [0, 0.05) is 31.7 Å². The Morgan fingerprint density at radius 3 is 2.29 bits per heavy atom. The summed E-state index contributed by atoms with van der Waals surface area (Å²) < 4.78 is 32.7. The second-order valence-corrected chi connectivity index (χ2v) is 9.15. The topological polar surface area (TPSA) is 108 Å². The SMILES string of the molecule is CC(=O)c1ccc(S(=O)(=O)N2CCN(C(=O)C(C)Oc3cccc(C#N)c3)CC2)cc1. The second kappa shape index (κ2) is 9.29. The van der Waals surface area contributed by atoms with Gasteiger partial charge in [-0.2, -0.15) is 9.57 Å². The van der Waals surface area contributed by atoms with Crippen molar-refractivity contribution in [1.29, 1.82) is 5.26 Å². The molecule has 1 aliphatic rings. The number of ether oxygens (including phenoxy) is 1. The molecule has 1 unspecified atom stereocenters. The summed E-state index contributed by atoms with van der Waals surface area (Å²) in [7, 11) is -3.71. The number of nitriles is 1. The number of carbonyl (C=O) groups is 2. The Bertz CT molecular complexity index is 1110. The van der Waals surface area contributed by atoms with Crippen LogP contribution in [0.4, 0.5) is 0 Å². The van der Waals surface area contributed by atoms with Gasteiger partial charge in [0.15, 0.2) is 11.9 Å². The van der Waals surface area contributed by atoms with Crippen molar-refractivity contribution in [2.24, 2.45) is 0 Å². The molecule has 1 heterocycles. The molecule has 0 aromatic heterocycles. The quantitative estimate of drug-likeness (QED) is 0.635. The Balaban J connectivity index is 1.60. The van der Waals surface area contributed by atoms with Gasteiger partial charge >= 0.3 is 0 Å². The Morgan fingerprint density at radius 1 is 1.06 bits per heavy atom. The third kappa shape index (κ3) is 5.10. The van der Waals surface area contributed by atoms with Gasteiger partial charge in [-0.05, 0) is 44.2 Å². The van der Waals surface area contributed by atoms with Crippen LogP contribution in [0.3, 0.4) is 0 Å². The maximum absolute atomic E-state index is 12.9. The fraction of sp³-hybridized carbons (Fsp3) is 0.318.